The number of urea groups is 1. The summed E-state index contributed by atoms with van der Waals surface area (Å²) in [4.78, 5) is 27.8. The topological polar surface area (TPSA) is 70.7 Å². The predicted octanol–water partition coefficient (Wildman–Crippen LogP) is 5.66. The molecule has 7 heteroatoms. The van der Waals surface area contributed by atoms with E-state index in [0.29, 0.717) is 17.1 Å². The largest absolute Gasteiger partial charge is 0.477 e. The van der Waals surface area contributed by atoms with E-state index in [1.165, 1.54) is 23.1 Å². The van der Waals surface area contributed by atoms with Gasteiger partial charge in [-0.1, -0.05) is 60.7 Å². The Morgan fingerprint density at radius 2 is 1.71 bits per heavy atom. The highest BCUT2D eigenvalue weighted by atomic mass is 19.1. The third-order valence-corrected chi connectivity index (χ3v) is 6.04. The van der Waals surface area contributed by atoms with Crippen LogP contribution < -0.4 is 20.3 Å². The van der Waals surface area contributed by atoms with Crippen molar-refractivity contribution in [3.8, 4) is 5.75 Å². The van der Waals surface area contributed by atoms with Gasteiger partial charge in [0.1, 0.15) is 11.6 Å². The van der Waals surface area contributed by atoms with Crippen molar-refractivity contribution < 1.29 is 18.7 Å². The number of halogens is 1. The third kappa shape index (κ3) is 4.66. The van der Waals surface area contributed by atoms with Gasteiger partial charge in [0, 0.05) is 5.69 Å². The van der Waals surface area contributed by atoms with Crippen molar-refractivity contribution in [2.45, 2.75) is 19.1 Å². The fourth-order valence-corrected chi connectivity index (χ4v) is 4.33. The van der Waals surface area contributed by atoms with Crippen molar-refractivity contribution in [1.29, 1.82) is 0 Å². The normalized spacial score (nSPS) is 15.6. The van der Waals surface area contributed by atoms with E-state index in [2.05, 4.69) is 10.6 Å². The molecule has 0 fully saturated rings. The van der Waals surface area contributed by atoms with Crippen LogP contribution in [0.4, 0.5) is 20.6 Å². The van der Waals surface area contributed by atoms with Crippen LogP contribution in [0.3, 0.4) is 0 Å². The fraction of sp³-hybridized carbons (Fsp3) is 0.143. The van der Waals surface area contributed by atoms with Crippen LogP contribution in [0.2, 0.25) is 0 Å². The zero-order valence-corrected chi connectivity index (χ0v) is 19.1. The van der Waals surface area contributed by atoms with E-state index in [9.17, 15) is 14.0 Å². The first kappa shape index (κ1) is 22.4. The molecule has 4 aromatic rings. The molecule has 5 rings (SSSR count). The van der Waals surface area contributed by atoms with E-state index in [0.717, 1.165) is 16.3 Å². The molecule has 1 aliphatic heterocycles. The third-order valence-electron chi connectivity index (χ3n) is 6.04. The summed E-state index contributed by atoms with van der Waals surface area (Å²) in [6.45, 7) is 1.93. The lowest BCUT2D eigenvalue weighted by Crippen LogP contribution is -2.52. The quantitative estimate of drug-likeness (QED) is 0.405. The van der Waals surface area contributed by atoms with Crippen molar-refractivity contribution in [3.63, 3.8) is 0 Å². The number of rotatable bonds is 4. The van der Waals surface area contributed by atoms with Crippen LogP contribution in [-0.2, 0) is 4.79 Å². The molecule has 4 aromatic carbocycles. The molecule has 2 N–H and O–H groups in total. The second-order valence-corrected chi connectivity index (χ2v) is 8.42. The van der Waals surface area contributed by atoms with E-state index >= 15 is 0 Å². The van der Waals surface area contributed by atoms with E-state index in [1.807, 2.05) is 49.4 Å². The average Bonchev–Trinajstić information content (AvgIpc) is 2.87. The fourth-order valence-electron chi connectivity index (χ4n) is 4.33. The van der Waals surface area contributed by atoms with Gasteiger partial charge < -0.3 is 15.4 Å². The SMILES string of the molecule is C[C@@H](NC(=O)C1CN(C(=O)Nc2cccc(F)c2)c2ccccc2O1)c1cccc2ccccc12. The number of hydrogen-bond donors (Lipinski definition) is 2. The van der Waals surface area contributed by atoms with Crippen LogP contribution in [0.25, 0.3) is 10.8 Å². The number of para-hydroxylation sites is 2. The number of nitrogens with zero attached hydrogens (tertiary/aromatic N) is 1. The van der Waals surface area contributed by atoms with Crippen LogP contribution >= 0.6 is 0 Å². The first-order chi connectivity index (χ1) is 17.0. The highest BCUT2D eigenvalue weighted by Gasteiger charge is 2.34. The van der Waals surface area contributed by atoms with Gasteiger partial charge in [-0.2, -0.15) is 0 Å². The highest BCUT2D eigenvalue weighted by molar-refractivity contribution is 6.04. The van der Waals surface area contributed by atoms with Crippen molar-refractivity contribution in [1.82, 2.24) is 5.32 Å². The van der Waals surface area contributed by atoms with Gasteiger partial charge in [0.15, 0.2) is 6.10 Å². The molecule has 6 nitrogen and oxygen atoms in total. The van der Waals surface area contributed by atoms with E-state index < -0.39 is 18.0 Å². The van der Waals surface area contributed by atoms with Gasteiger partial charge in [-0.25, -0.2) is 9.18 Å². The lowest BCUT2D eigenvalue weighted by Gasteiger charge is -2.34. The van der Waals surface area contributed by atoms with Crippen LogP contribution in [-0.4, -0.2) is 24.6 Å². The van der Waals surface area contributed by atoms with Crippen molar-refractivity contribution >= 4 is 34.1 Å². The van der Waals surface area contributed by atoms with Gasteiger partial charge in [-0.05, 0) is 53.6 Å². The molecule has 35 heavy (non-hydrogen) atoms. The molecule has 1 aliphatic rings. The van der Waals surface area contributed by atoms with Crippen molar-refractivity contribution in [2.24, 2.45) is 0 Å². The molecule has 0 saturated heterocycles. The Labute approximate surface area is 202 Å². The van der Waals surface area contributed by atoms with Crippen LogP contribution in [0, 0.1) is 5.82 Å². The standard InChI is InChI=1S/C28H24FN3O3/c1-18(22-13-6-9-19-8-2-3-12-23(19)22)30-27(33)26-17-32(24-14-4-5-15-25(24)35-26)28(34)31-21-11-7-10-20(29)16-21/h2-16,18,26H,17H2,1H3,(H,30,33)(H,31,34)/t18-,26?/m1/s1. The van der Waals surface area contributed by atoms with Crippen LogP contribution in [0.1, 0.15) is 18.5 Å². The molecule has 1 unspecified atom stereocenters. The minimum Gasteiger partial charge on any atom is -0.477 e. The Morgan fingerprint density at radius 3 is 2.57 bits per heavy atom. The van der Waals surface area contributed by atoms with Crippen LogP contribution in [0.15, 0.2) is 91.0 Å². The minimum atomic E-state index is -0.916. The molecule has 176 valence electrons. The Balaban J connectivity index is 1.36. The summed E-state index contributed by atoms with van der Waals surface area (Å²) in [6.07, 6.45) is -0.916. The van der Waals surface area contributed by atoms with Crippen molar-refractivity contribution in [3.05, 3.63) is 102 Å². The molecule has 0 saturated carbocycles. The molecular formula is C28H24FN3O3. The molecule has 0 radical (unpaired) electrons. The highest BCUT2D eigenvalue weighted by Crippen LogP contribution is 2.34. The number of benzene rings is 4. The first-order valence-electron chi connectivity index (χ1n) is 11.4. The van der Waals surface area contributed by atoms with Gasteiger partial charge in [0.05, 0.1) is 18.3 Å². The molecule has 1 heterocycles. The monoisotopic (exact) mass is 469 g/mol. The zero-order valence-electron chi connectivity index (χ0n) is 19.1. The number of fused-ring (bicyclic) bond motifs is 2. The summed E-state index contributed by atoms with van der Waals surface area (Å²) in [6, 6.07) is 25.9. The van der Waals surface area contributed by atoms with Gasteiger partial charge in [-0.3, -0.25) is 9.69 Å². The van der Waals surface area contributed by atoms with Gasteiger partial charge in [0.25, 0.3) is 5.91 Å². The van der Waals surface area contributed by atoms with E-state index in [-0.39, 0.29) is 18.5 Å². The Kier molecular flexibility index (Phi) is 6.06. The number of hydrogen-bond acceptors (Lipinski definition) is 3. The Hall–Kier alpha value is -4.39. The lowest BCUT2D eigenvalue weighted by molar-refractivity contribution is -0.128. The number of amides is 3. The number of carbonyl (C=O) groups is 2. The molecule has 0 spiro atoms. The molecule has 2 atom stereocenters. The summed E-state index contributed by atoms with van der Waals surface area (Å²) in [5.74, 6) is -0.362. The number of anilines is 2. The number of ether oxygens (including phenoxy) is 1. The minimum absolute atomic E-state index is 0.00620. The average molecular weight is 470 g/mol. The first-order valence-corrected chi connectivity index (χ1v) is 11.4. The Bertz CT molecular complexity index is 1400. The maximum atomic E-state index is 13.6. The van der Waals surface area contributed by atoms with Gasteiger partial charge >= 0.3 is 6.03 Å². The maximum absolute atomic E-state index is 13.6. The maximum Gasteiger partial charge on any atom is 0.326 e. The summed E-state index contributed by atoms with van der Waals surface area (Å²) in [5.41, 5.74) is 1.85. The van der Waals surface area contributed by atoms with E-state index in [1.54, 1.807) is 30.3 Å². The summed E-state index contributed by atoms with van der Waals surface area (Å²) >= 11 is 0. The lowest BCUT2D eigenvalue weighted by atomic mass is 9.99. The van der Waals surface area contributed by atoms with Crippen LogP contribution in [0.5, 0.6) is 5.75 Å². The molecular weight excluding hydrogens is 445 g/mol. The zero-order chi connectivity index (χ0) is 24.4. The van der Waals surface area contributed by atoms with E-state index in [4.69, 9.17) is 4.74 Å². The molecule has 0 aromatic heterocycles. The smallest absolute Gasteiger partial charge is 0.326 e. The second-order valence-electron chi connectivity index (χ2n) is 8.42. The number of carbonyl (C=O) groups excluding carboxylic acids is 2. The summed E-state index contributed by atoms with van der Waals surface area (Å²) in [7, 11) is 0. The molecule has 0 aliphatic carbocycles. The predicted molar refractivity (Wildman–Crippen MR) is 134 cm³/mol. The van der Waals surface area contributed by atoms with Crippen molar-refractivity contribution in [2.75, 3.05) is 16.8 Å². The molecule has 3 amide bonds. The Morgan fingerprint density at radius 1 is 0.971 bits per heavy atom. The van der Waals surface area contributed by atoms with Gasteiger partial charge in [0.2, 0.25) is 0 Å². The number of nitrogens with one attached hydrogen (secondary N) is 2. The van der Waals surface area contributed by atoms with Gasteiger partial charge in [-0.15, -0.1) is 0 Å². The second kappa shape index (κ2) is 9.46. The summed E-state index contributed by atoms with van der Waals surface area (Å²) in [5, 5.41) is 7.89. The molecule has 0 bridgehead atoms. The summed E-state index contributed by atoms with van der Waals surface area (Å²) < 4.78 is 19.6.